The van der Waals surface area contributed by atoms with Gasteiger partial charge >= 0.3 is 0 Å². The van der Waals surface area contributed by atoms with Crippen LogP contribution < -0.4 is 93.9 Å². The van der Waals surface area contributed by atoms with Crippen LogP contribution in [-0.2, 0) is 40.3 Å². The molecule has 8 atom stereocenters. The van der Waals surface area contributed by atoms with Crippen molar-refractivity contribution in [3.8, 4) is 5.75 Å². The van der Waals surface area contributed by atoms with Crippen molar-refractivity contribution in [3.63, 3.8) is 0 Å². The normalized spacial score (nSPS) is 17.2. The lowest BCUT2D eigenvalue weighted by Gasteiger charge is -2.36. The molecule has 1 saturated heterocycles. The van der Waals surface area contributed by atoms with Gasteiger partial charge in [-0.25, -0.2) is 24.9 Å². The number of hydrogen-bond acceptors (Lipinski definition) is 18. The summed E-state index contributed by atoms with van der Waals surface area (Å²) in [7, 11) is 1.45. The first-order chi connectivity index (χ1) is 32.6. The van der Waals surface area contributed by atoms with Gasteiger partial charge in [-0.1, -0.05) is 42.5 Å². The number of guanidine groups is 4. The minimum absolute atomic E-state index is 0.0897. The van der Waals surface area contributed by atoms with Crippen LogP contribution in [0.3, 0.4) is 0 Å². The van der Waals surface area contributed by atoms with Crippen LogP contribution in [0.1, 0.15) is 17.2 Å². The second-order valence-corrected chi connectivity index (χ2v) is 14.2. The number of carbonyl (C=O) groups is 6. The summed E-state index contributed by atoms with van der Waals surface area (Å²) in [5, 5.41) is 34.4. The third kappa shape index (κ3) is 14.6. The Bertz CT molecular complexity index is 2430. The van der Waals surface area contributed by atoms with Crippen LogP contribution in [0, 0.1) is 10.1 Å². The van der Waals surface area contributed by atoms with E-state index in [9.17, 15) is 44.0 Å². The fraction of sp³-hybridized carbons (Fsp3) is 0.278. The molecule has 0 aromatic heterocycles. The van der Waals surface area contributed by atoms with E-state index in [1.165, 1.54) is 48.4 Å². The van der Waals surface area contributed by atoms with Gasteiger partial charge in [0.2, 0.25) is 36.8 Å². The molecule has 2 aromatic carbocycles. The van der Waals surface area contributed by atoms with E-state index in [2.05, 4.69) is 46.9 Å². The van der Waals surface area contributed by atoms with Crippen LogP contribution in [0.5, 0.6) is 5.75 Å². The number of hydrogen-bond donors (Lipinski definition) is 17. The first-order valence-electron chi connectivity index (χ1n) is 19.6. The fourth-order valence-electron chi connectivity index (χ4n) is 6.23. The van der Waals surface area contributed by atoms with Gasteiger partial charge in [-0.3, -0.25) is 38.9 Å². The van der Waals surface area contributed by atoms with Crippen molar-refractivity contribution in [1.29, 1.82) is 0 Å². The number of nitro groups is 1. The zero-order valence-electron chi connectivity index (χ0n) is 36.1. The average molecular weight is 967 g/mol. The largest absolute Gasteiger partial charge is 0.497 e. The molecule has 69 heavy (non-hydrogen) atoms. The maximum atomic E-state index is 14.2. The van der Waals surface area contributed by atoms with E-state index in [0.717, 1.165) is 0 Å². The van der Waals surface area contributed by atoms with Crippen molar-refractivity contribution >= 4 is 59.3 Å². The monoisotopic (exact) mass is 966 g/mol. The van der Waals surface area contributed by atoms with Crippen molar-refractivity contribution in [2.45, 2.75) is 55.6 Å². The van der Waals surface area contributed by atoms with Gasteiger partial charge in [0, 0.05) is 18.3 Å². The van der Waals surface area contributed by atoms with E-state index in [4.69, 9.17) is 61.3 Å². The Balaban J connectivity index is 1.64. The number of aliphatic imine (C=N–C) groups is 4. The zero-order valence-corrected chi connectivity index (χ0v) is 36.1. The van der Waals surface area contributed by atoms with Crippen LogP contribution in [0.15, 0.2) is 98.1 Å². The highest BCUT2D eigenvalue weighted by molar-refractivity contribution is 5.98. The summed E-state index contributed by atoms with van der Waals surface area (Å²) in [6, 6.07) is 10.1. The quantitative estimate of drug-likeness (QED) is 0.0171. The predicted octanol–water partition coefficient (Wildman–Crippen LogP) is -9.14. The summed E-state index contributed by atoms with van der Waals surface area (Å²) >= 11 is 0. The van der Waals surface area contributed by atoms with Gasteiger partial charge in [0.15, 0.2) is 23.8 Å². The number of nitrogens with one attached hydrogen (secondary N) is 7. The number of nitrogens with zero attached hydrogens (tertiary/aromatic N) is 6. The highest BCUT2D eigenvalue weighted by Gasteiger charge is 2.45. The SMILES string of the molecule is COc1ccc(CN(C2=CC=C([N+](=O)[O-])C3NONC23)C(O)C(=O)NC(C(=O)NC(N=C(N)N)C(=O)NC(N=C(N)N)C(=O)NC(N=C(N)N)C(=O)NC(N=C(N)N)C(N)=O)c2ccccc2)cc1. The molecular weight excluding hydrogens is 917 g/mol. The van der Waals surface area contributed by atoms with Gasteiger partial charge < -0.3 is 92.9 Å². The van der Waals surface area contributed by atoms with E-state index in [0.29, 0.717) is 11.3 Å². The van der Waals surface area contributed by atoms with E-state index in [1.54, 1.807) is 30.3 Å². The minimum Gasteiger partial charge on any atom is -0.497 e. The molecule has 6 amide bonds. The molecule has 2 aliphatic rings. The lowest BCUT2D eigenvalue weighted by Crippen LogP contribution is -2.58. The van der Waals surface area contributed by atoms with E-state index in [1.807, 2.05) is 10.6 Å². The van der Waals surface area contributed by atoms with E-state index < -0.39 is 113 Å². The summed E-state index contributed by atoms with van der Waals surface area (Å²) < 4.78 is 5.23. The molecular formula is C36H50N22O11. The lowest BCUT2D eigenvalue weighted by molar-refractivity contribution is -0.431. The van der Waals surface area contributed by atoms with E-state index >= 15 is 0 Å². The van der Waals surface area contributed by atoms with Gasteiger partial charge in [0.25, 0.3) is 35.2 Å². The molecule has 370 valence electrons. The molecule has 1 aliphatic heterocycles. The second kappa shape index (κ2) is 23.7. The number of ether oxygens (including phenoxy) is 1. The standard InChI is InChI=1S/C36H50N22O11/c1-68-16-9-7-14(8-10-16)13-57(17-11-12-18(58(66)67)21-20(17)55-69-56-21)32(65)31(64)46-19(15-5-3-2-4-6-15)27(60)48-24(52-34(40)41)29(62)50-26(54-36(44)45)30(63)49-25(53-35(42)43)28(61)47-23(22(37)59)51-33(38)39/h2-12,19-21,23-26,32,55-56,65H,13H2,1H3,(H2,37,59)(H,46,64)(H,47,61)(H,48,60)(H,49,63)(H,50,62)(H4,38,39,51)(H4,40,41,52)(H4,42,43,53)(H4,44,45,54). The number of aliphatic hydroxyl groups is 1. The first kappa shape index (κ1) is 52.3. The zero-order chi connectivity index (χ0) is 51.1. The molecule has 26 N–H and O–H groups in total. The number of rotatable bonds is 22. The maximum absolute atomic E-state index is 14.2. The Morgan fingerprint density at radius 1 is 0.681 bits per heavy atom. The van der Waals surface area contributed by atoms with Crippen molar-refractivity contribution in [3.05, 3.63) is 99.4 Å². The van der Waals surface area contributed by atoms with Gasteiger partial charge in [-0.2, -0.15) is 11.0 Å². The van der Waals surface area contributed by atoms with Crippen LogP contribution in [0.2, 0.25) is 0 Å². The number of hydroxylamine groups is 2. The van der Waals surface area contributed by atoms with E-state index in [-0.39, 0.29) is 23.5 Å². The first-order valence-corrected chi connectivity index (χ1v) is 19.6. The summed E-state index contributed by atoms with van der Waals surface area (Å²) in [4.78, 5) is 113. The third-order valence-corrected chi connectivity index (χ3v) is 9.28. The number of allylic oxidation sites excluding steroid dienone is 2. The Kier molecular flexibility index (Phi) is 18.0. The number of benzene rings is 2. The van der Waals surface area contributed by atoms with Gasteiger partial charge in [-0.05, 0) is 29.3 Å². The molecule has 0 bridgehead atoms. The number of carbonyl (C=O) groups excluding carboxylic acids is 6. The average Bonchev–Trinajstić information content (AvgIpc) is 3.78. The van der Waals surface area contributed by atoms with Crippen molar-refractivity contribution < 1.29 is 48.5 Å². The third-order valence-electron chi connectivity index (χ3n) is 9.28. The lowest BCUT2D eigenvalue weighted by atomic mass is 9.96. The molecule has 8 unspecified atom stereocenters. The molecule has 1 heterocycles. The number of nitrogens with two attached hydrogens (primary N) is 9. The highest BCUT2D eigenvalue weighted by atomic mass is 16.8. The topological polar surface area (TPSA) is 555 Å². The molecule has 0 spiro atoms. The number of primary amides is 1. The number of amides is 6. The molecule has 33 nitrogen and oxygen atoms in total. The number of fused-ring (bicyclic) bond motifs is 1. The highest BCUT2D eigenvalue weighted by Crippen LogP contribution is 2.29. The van der Waals surface area contributed by atoms with Crippen molar-refractivity contribution in [2.75, 3.05) is 7.11 Å². The molecule has 1 aliphatic carbocycles. The summed E-state index contributed by atoms with van der Waals surface area (Å²) in [5.74, 6) is -10.3. The second-order valence-electron chi connectivity index (χ2n) is 14.2. The predicted molar refractivity (Wildman–Crippen MR) is 240 cm³/mol. The van der Waals surface area contributed by atoms with Gasteiger partial charge in [0.05, 0.1) is 12.0 Å². The fourth-order valence-corrected chi connectivity index (χ4v) is 6.23. The Hall–Kier alpha value is -9.34. The van der Waals surface area contributed by atoms with Crippen LogP contribution >= 0.6 is 0 Å². The molecule has 1 fully saturated rings. The van der Waals surface area contributed by atoms with Crippen molar-refractivity contribution in [2.24, 2.45) is 71.6 Å². The van der Waals surface area contributed by atoms with Crippen molar-refractivity contribution in [1.82, 2.24) is 42.4 Å². The number of methoxy groups -OCH3 is 1. The van der Waals surface area contributed by atoms with Crippen LogP contribution in [0.25, 0.3) is 0 Å². The Morgan fingerprint density at radius 3 is 1.61 bits per heavy atom. The summed E-state index contributed by atoms with van der Waals surface area (Å²) in [5.41, 5.74) is 54.4. The summed E-state index contributed by atoms with van der Waals surface area (Å²) in [6.45, 7) is -0.195. The molecule has 4 rings (SSSR count). The van der Waals surface area contributed by atoms with Gasteiger partial charge in [-0.15, -0.1) is 0 Å². The maximum Gasteiger partial charge on any atom is 0.270 e. The van der Waals surface area contributed by atoms with Crippen LogP contribution in [-0.4, -0.2) is 124 Å². The Labute approximate surface area is 389 Å². The number of aliphatic hydroxyl groups excluding tert-OH is 1. The smallest absolute Gasteiger partial charge is 0.270 e. The van der Waals surface area contributed by atoms with Crippen LogP contribution in [0.4, 0.5) is 0 Å². The summed E-state index contributed by atoms with van der Waals surface area (Å²) in [6.07, 6.45) is -7.96. The molecule has 2 aromatic rings. The molecule has 33 heteroatoms. The van der Waals surface area contributed by atoms with Gasteiger partial charge in [0.1, 0.15) is 23.9 Å². The Morgan fingerprint density at radius 2 is 1.14 bits per heavy atom. The molecule has 0 radical (unpaired) electrons. The molecule has 0 saturated carbocycles. The minimum atomic E-state index is -2.18.